The van der Waals surface area contributed by atoms with E-state index in [1.807, 2.05) is 0 Å². The molecule has 0 bridgehead atoms. The summed E-state index contributed by atoms with van der Waals surface area (Å²) in [5, 5.41) is 16.9. The number of methoxy groups -OCH3 is 1. The minimum Gasteiger partial charge on any atom is -0.495 e. The molecule has 0 unspecified atom stereocenters. The number of nitrogens with one attached hydrogen (secondary N) is 2. The van der Waals surface area contributed by atoms with E-state index in [0.29, 0.717) is 11.4 Å². The smallest absolute Gasteiger partial charge is 0.280 e. The van der Waals surface area contributed by atoms with Gasteiger partial charge in [0.25, 0.3) is 11.8 Å². The first kappa shape index (κ1) is 16.2. The van der Waals surface area contributed by atoms with Crippen LogP contribution in [0.3, 0.4) is 0 Å². The third-order valence-electron chi connectivity index (χ3n) is 3.50. The second-order valence-electron chi connectivity index (χ2n) is 4.96. The lowest BCUT2D eigenvalue weighted by Crippen LogP contribution is -2.21. The van der Waals surface area contributed by atoms with Crippen molar-refractivity contribution in [2.45, 2.75) is 0 Å². The van der Waals surface area contributed by atoms with E-state index in [1.54, 1.807) is 24.3 Å². The Bertz CT molecular complexity index is 967. The van der Waals surface area contributed by atoms with Gasteiger partial charge >= 0.3 is 0 Å². The summed E-state index contributed by atoms with van der Waals surface area (Å²) in [7, 11) is 2.98. The molecule has 2 aromatic heterocycles. The van der Waals surface area contributed by atoms with Crippen LogP contribution in [0, 0.1) is 0 Å². The zero-order chi connectivity index (χ0) is 18.0. The maximum atomic E-state index is 12.5. The summed E-state index contributed by atoms with van der Waals surface area (Å²) in [6.45, 7) is 0. The van der Waals surface area contributed by atoms with Crippen molar-refractivity contribution in [2.24, 2.45) is 0 Å². The van der Waals surface area contributed by atoms with E-state index in [1.165, 1.54) is 24.9 Å². The van der Waals surface area contributed by atoms with Crippen LogP contribution in [0.25, 0.3) is 5.65 Å². The van der Waals surface area contributed by atoms with Crippen LogP contribution < -0.4 is 21.1 Å². The Kier molecular flexibility index (Phi) is 4.16. The number of nitrogen functional groups attached to an aromatic ring is 1. The molecule has 3 aromatic rings. The second kappa shape index (κ2) is 6.43. The van der Waals surface area contributed by atoms with Crippen molar-refractivity contribution in [1.82, 2.24) is 25.1 Å². The lowest BCUT2D eigenvalue weighted by molar-refractivity contribution is 0.0963. The highest BCUT2D eigenvalue weighted by molar-refractivity contribution is 6.07. The number of rotatable bonds is 4. The lowest BCUT2D eigenvalue weighted by atomic mass is 10.2. The van der Waals surface area contributed by atoms with E-state index in [0.717, 1.165) is 0 Å². The van der Waals surface area contributed by atoms with Gasteiger partial charge in [-0.1, -0.05) is 12.1 Å². The number of benzene rings is 1. The minimum atomic E-state index is -0.576. The Morgan fingerprint density at radius 3 is 2.68 bits per heavy atom. The fraction of sp³-hybridized carbons (Fsp3) is 0.133. The van der Waals surface area contributed by atoms with Crippen LogP contribution in [0.4, 0.5) is 11.5 Å². The third-order valence-corrected chi connectivity index (χ3v) is 3.50. The number of amides is 2. The number of hydrogen-bond acceptors (Lipinski definition) is 7. The largest absolute Gasteiger partial charge is 0.495 e. The van der Waals surface area contributed by atoms with Gasteiger partial charge < -0.3 is 21.1 Å². The van der Waals surface area contributed by atoms with Crippen LogP contribution in [0.5, 0.6) is 5.75 Å². The van der Waals surface area contributed by atoms with Crippen molar-refractivity contribution in [3.63, 3.8) is 0 Å². The predicted octanol–water partition coefficient (Wildman–Crippen LogP) is 0.327. The number of para-hydroxylation sites is 2. The molecule has 0 saturated heterocycles. The third kappa shape index (κ3) is 2.80. The number of nitrogens with two attached hydrogens (primary N) is 1. The topological polar surface area (TPSA) is 137 Å². The van der Waals surface area contributed by atoms with Crippen molar-refractivity contribution in [2.75, 3.05) is 25.2 Å². The van der Waals surface area contributed by atoms with Gasteiger partial charge in [0.2, 0.25) is 0 Å². The van der Waals surface area contributed by atoms with Crippen LogP contribution in [-0.4, -0.2) is 45.8 Å². The first-order chi connectivity index (χ1) is 12.1. The normalized spacial score (nSPS) is 10.5. The minimum absolute atomic E-state index is 0.0347. The van der Waals surface area contributed by atoms with Gasteiger partial charge in [-0.25, -0.2) is 0 Å². The molecule has 0 aliphatic heterocycles. The molecular weight excluding hydrogens is 326 g/mol. The van der Waals surface area contributed by atoms with Crippen molar-refractivity contribution < 1.29 is 14.3 Å². The Balaban J connectivity index is 1.97. The summed E-state index contributed by atoms with van der Waals surface area (Å²) in [6, 6.07) is 6.91. The first-order valence-corrected chi connectivity index (χ1v) is 7.23. The molecule has 0 radical (unpaired) electrons. The number of carbonyl (C=O) groups excluding carboxylic acids is 2. The monoisotopic (exact) mass is 341 g/mol. The van der Waals surface area contributed by atoms with Gasteiger partial charge in [-0.05, 0) is 12.1 Å². The van der Waals surface area contributed by atoms with Gasteiger partial charge in [0.1, 0.15) is 11.3 Å². The number of fused-ring (bicyclic) bond motifs is 1. The molecule has 0 aliphatic rings. The summed E-state index contributed by atoms with van der Waals surface area (Å²) in [5.74, 6) is -0.500. The maximum Gasteiger partial charge on any atom is 0.280 e. The molecule has 0 aliphatic carbocycles. The Morgan fingerprint density at radius 1 is 1.20 bits per heavy atom. The Morgan fingerprint density at radius 2 is 1.96 bits per heavy atom. The summed E-state index contributed by atoms with van der Waals surface area (Å²) in [4.78, 5) is 24.2. The van der Waals surface area contributed by atoms with Gasteiger partial charge in [-0.2, -0.15) is 9.61 Å². The average Bonchev–Trinajstić information content (AvgIpc) is 3.06. The quantitative estimate of drug-likeness (QED) is 0.622. The molecule has 10 nitrogen and oxygen atoms in total. The van der Waals surface area contributed by atoms with Crippen LogP contribution in [0.15, 0.2) is 30.5 Å². The lowest BCUT2D eigenvalue weighted by Gasteiger charge is -2.10. The fourth-order valence-corrected chi connectivity index (χ4v) is 2.25. The molecule has 1 aromatic carbocycles. The molecule has 128 valence electrons. The second-order valence-corrected chi connectivity index (χ2v) is 4.96. The molecule has 0 fully saturated rings. The van der Waals surface area contributed by atoms with Gasteiger partial charge in [-0.3, -0.25) is 9.59 Å². The van der Waals surface area contributed by atoms with Crippen molar-refractivity contribution in [3.05, 3.63) is 41.7 Å². The van der Waals surface area contributed by atoms with E-state index in [4.69, 9.17) is 10.5 Å². The summed E-state index contributed by atoms with van der Waals surface area (Å²) in [5.41, 5.74) is 6.68. The summed E-state index contributed by atoms with van der Waals surface area (Å²) >= 11 is 0. The van der Waals surface area contributed by atoms with Gasteiger partial charge in [0.15, 0.2) is 17.2 Å². The number of hydrogen-bond donors (Lipinski definition) is 3. The van der Waals surface area contributed by atoms with E-state index in [-0.39, 0.29) is 28.6 Å². The summed E-state index contributed by atoms with van der Waals surface area (Å²) < 4.78 is 6.37. The average molecular weight is 341 g/mol. The highest BCUT2D eigenvalue weighted by atomic mass is 16.5. The number of aromatic nitrogens is 4. The molecule has 2 heterocycles. The van der Waals surface area contributed by atoms with Crippen LogP contribution in [-0.2, 0) is 0 Å². The molecule has 4 N–H and O–H groups in total. The van der Waals surface area contributed by atoms with Crippen LogP contribution >= 0.6 is 0 Å². The number of nitrogens with zero attached hydrogens (tertiary/aromatic N) is 4. The molecule has 25 heavy (non-hydrogen) atoms. The highest BCUT2D eigenvalue weighted by Gasteiger charge is 2.21. The molecule has 0 atom stereocenters. The van der Waals surface area contributed by atoms with Crippen molar-refractivity contribution in [1.29, 1.82) is 0 Å². The Hall–Kier alpha value is -3.69. The SMILES string of the molecule is CNC(=O)c1cnn2c(N)c(C(=O)Nc3ccccc3OC)nnc12. The zero-order valence-electron chi connectivity index (χ0n) is 13.5. The zero-order valence-corrected chi connectivity index (χ0v) is 13.5. The summed E-state index contributed by atoms with van der Waals surface area (Å²) in [6.07, 6.45) is 1.31. The van der Waals surface area contributed by atoms with E-state index < -0.39 is 5.91 Å². The molecule has 0 saturated carbocycles. The number of ether oxygens (including phenoxy) is 1. The molecular formula is C15H15N7O3. The molecule has 2 amide bonds. The van der Waals surface area contributed by atoms with E-state index in [2.05, 4.69) is 25.9 Å². The molecule has 10 heteroatoms. The van der Waals surface area contributed by atoms with Gasteiger partial charge in [0.05, 0.1) is 19.0 Å². The van der Waals surface area contributed by atoms with Gasteiger partial charge in [-0.15, -0.1) is 10.2 Å². The van der Waals surface area contributed by atoms with Crippen molar-refractivity contribution >= 4 is 29.0 Å². The van der Waals surface area contributed by atoms with Crippen LogP contribution in [0.1, 0.15) is 20.8 Å². The maximum absolute atomic E-state index is 12.5. The Labute approximate surface area is 142 Å². The van der Waals surface area contributed by atoms with E-state index in [9.17, 15) is 9.59 Å². The predicted molar refractivity (Wildman–Crippen MR) is 89.5 cm³/mol. The highest BCUT2D eigenvalue weighted by Crippen LogP contribution is 2.24. The van der Waals surface area contributed by atoms with Crippen molar-refractivity contribution in [3.8, 4) is 5.75 Å². The molecule has 0 spiro atoms. The number of anilines is 2. The fourth-order valence-electron chi connectivity index (χ4n) is 2.25. The standard InChI is InChI=1S/C15H15N7O3/c1-17-14(23)8-7-18-22-12(16)11(20-21-13(8)22)15(24)19-9-5-3-4-6-10(9)25-2/h3-7H,16H2,1-2H3,(H,17,23)(H,19,24). The van der Waals surface area contributed by atoms with E-state index >= 15 is 0 Å². The first-order valence-electron chi connectivity index (χ1n) is 7.23. The number of carbonyl (C=O) groups is 2. The van der Waals surface area contributed by atoms with Gasteiger partial charge in [0, 0.05) is 7.05 Å². The molecule has 3 rings (SSSR count). The van der Waals surface area contributed by atoms with Crippen LogP contribution in [0.2, 0.25) is 0 Å².